The van der Waals surface area contributed by atoms with E-state index in [0.29, 0.717) is 0 Å². The standard InChI is InChI=1S/C25H21Br3N3PS/c1-25(2)21-14-18(28)8-13-22(21)30(3)24(25)23-15-29-31(19-9-4-16(26)5-10-19)32(23,33)20-11-6-17(27)7-12-20/h4-15H,1-3H3/b24-23-. The summed E-state index contributed by atoms with van der Waals surface area (Å²) in [5.74, 6) is 0. The lowest BCUT2D eigenvalue weighted by Crippen LogP contribution is -2.27. The monoisotopic (exact) mass is 663 g/mol. The molecule has 2 heterocycles. The summed E-state index contributed by atoms with van der Waals surface area (Å²) in [6.45, 7) is 4.56. The van der Waals surface area contributed by atoms with Gasteiger partial charge in [0.05, 0.1) is 17.2 Å². The highest BCUT2D eigenvalue weighted by molar-refractivity contribution is 9.11. The van der Waals surface area contributed by atoms with Gasteiger partial charge in [0.15, 0.2) is 0 Å². The van der Waals surface area contributed by atoms with Crippen LogP contribution in [-0.2, 0) is 17.2 Å². The van der Waals surface area contributed by atoms with Gasteiger partial charge in [-0.3, -0.25) is 0 Å². The number of halogens is 3. The van der Waals surface area contributed by atoms with Crippen LogP contribution in [0.25, 0.3) is 0 Å². The number of rotatable bonds is 2. The molecule has 0 saturated heterocycles. The summed E-state index contributed by atoms with van der Waals surface area (Å²) in [7, 11) is 2.14. The molecule has 0 bridgehead atoms. The van der Waals surface area contributed by atoms with Crippen molar-refractivity contribution >= 4 is 88.7 Å². The van der Waals surface area contributed by atoms with Gasteiger partial charge in [-0.2, -0.15) is 5.10 Å². The van der Waals surface area contributed by atoms with Crippen LogP contribution < -0.4 is 15.0 Å². The van der Waals surface area contributed by atoms with E-state index in [-0.39, 0.29) is 5.41 Å². The number of hydrazone groups is 1. The second-order valence-corrected chi connectivity index (χ2v) is 15.5. The molecular weight excluding hydrogens is 645 g/mol. The van der Waals surface area contributed by atoms with Crippen molar-refractivity contribution in [1.29, 1.82) is 0 Å². The van der Waals surface area contributed by atoms with Gasteiger partial charge in [0.1, 0.15) is 6.19 Å². The molecule has 0 N–H and O–H groups in total. The van der Waals surface area contributed by atoms with Crippen molar-refractivity contribution in [1.82, 2.24) is 0 Å². The molecule has 2 aliphatic heterocycles. The number of benzene rings is 3. The summed E-state index contributed by atoms with van der Waals surface area (Å²) in [6, 6.07) is 23.1. The molecule has 1 atom stereocenters. The van der Waals surface area contributed by atoms with Crippen molar-refractivity contribution in [2.24, 2.45) is 5.10 Å². The summed E-state index contributed by atoms with van der Waals surface area (Å²) in [5.41, 5.74) is 4.48. The third-order valence-electron chi connectivity index (χ3n) is 6.28. The lowest BCUT2D eigenvalue weighted by Gasteiger charge is -2.33. The predicted octanol–water partition coefficient (Wildman–Crippen LogP) is 8.14. The van der Waals surface area contributed by atoms with E-state index < -0.39 is 6.19 Å². The summed E-state index contributed by atoms with van der Waals surface area (Å²) >= 11 is 17.4. The smallest absolute Gasteiger partial charge is 0.118 e. The molecule has 0 spiro atoms. The fraction of sp³-hybridized carbons (Fsp3) is 0.160. The number of fused-ring (bicyclic) bond motifs is 1. The first-order valence-corrected chi connectivity index (χ1v) is 15.5. The molecule has 0 fully saturated rings. The number of allylic oxidation sites excluding steroid dienone is 2. The molecule has 0 aromatic heterocycles. The van der Waals surface area contributed by atoms with Crippen molar-refractivity contribution in [2.75, 3.05) is 16.7 Å². The normalized spacial score (nSPS) is 23.3. The minimum atomic E-state index is -2.47. The minimum Gasteiger partial charge on any atom is -0.346 e. The van der Waals surface area contributed by atoms with E-state index >= 15 is 0 Å². The van der Waals surface area contributed by atoms with Crippen LogP contribution in [0.5, 0.6) is 0 Å². The Morgan fingerprint density at radius 2 is 1.42 bits per heavy atom. The van der Waals surface area contributed by atoms with Gasteiger partial charge in [0.25, 0.3) is 0 Å². The topological polar surface area (TPSA) is 18.8 Å². The molecule has 0 radical (unpaired) electrons. The molecule has 5 rings (SSSR count). The van der Waals surface area contributed by atoms with Crippen molar-refractivity contribution in [2.45, 2.75) is 19.3 Å². The van der Waals surface area contributed by atoms with Gasteiger partial charge >= 0.3 is 0 Å². The zero-order valence-electron chi connectivity index (χ0n) is 18.3. The van der Waals surface area contributed by atoms with Gasteiger partial charge in [-0.25, -0.2) is 4.78 Å². The van der Waals surface area contributed by atoms with Crippen LogP contribution in [0.3, 0.4) is 0 Å². The highest BCUT2D eigenvalue weighted by Crippen LogP contribution is 2.65. The average Bonchev–Trinajstić information content (AvgIpc) is 3.21. The second-order valence-electron chi connectivity index (χ2n) is 8.64. The molecule has 33 heavy (non-hydrogen) atoms. The largest absolute Gasteiger partial charge is 0.346 e. The predicted molar refractivity (Wildman–Crippen MR) is 156 cm³/mol. The number of nitrogens with zero attached hydrogens (tertiary/aromatic N) is 3. The summed E-state index contributed by atoms with van der Waals surface area (Å²) in [6.07, 6.45) is -0.472. The van der Waals surface area contributed by atoms with Crippen LogP contribution in [0.1, 0.15) is 19.4 Å². The first-order chi connectivity index (χ1) is 15.6. The lowest BCUT2D eigenvalue weighted by atomic mass is 9.84. The first-order valence-electron chi connectivity index (χ1n) is 10.4. The van der Waals surface area contributed by atoms with Gasteiger partial charge < -0.3 is 4.90 Å². The van der Waals surface area contributed by atoms with Crippen molar-refractivity contribution in [3.05, 3.63) is 96.7 Å². The fourth-order valence-corrected chi connectivity index (χ4v) is 9.62. The van der Waals surface area contributed by atoms with Crippen LogP contribution in [-0.4, -0.2) is 13.3 Å². The van der Waals surface area contributed by atoms with Gasteiger partial charge in [-0.15, -0.1) is 0 Å². The highest BCUT2D eigenvalue weighted by atomic mass is 79.9. The van der Waals surface area contributed by atoms with Gasteiger partial charge in [0.2, 0.25) is 0 Å². The zero-order valence-corrected chi connectivity index (χ0v) is 24.7. The number of likely N-dealkylation sites (N-methyl/N-ethyl adjacent to an activating group) is 1. The van der Waals surface area contributed by atoms with E-state index in [1.165, 1.54) is 16.9 Å². The van der Waals surface area contributed by atoms with E-state index in [4.69, 9.17) is 16.9 Å². The summed E-state index contributed by atoms with van der Waals surface area (Å²) < 4.78 is 5.22. The van der Waals surface area contributed by atoms with E-state index in [9.17, 15) is 0 Å². The molecule has 0 aliphatic carbocycles. The van der Waals surface area contributed by atoms with E-state index in [2.05, 4.69) is 133 Å². The summed E-state index contributed by atoms with van der Waals surface area (Å²) in [4.78, 5) is 2.30. The molecule has 168 valence electrons. The molecule has 3 aromatic carbocycles. The van der Waals surface area contributed by atoms with Gasteiger partial charge in [-0.1, -0.05) is 85.6 Å². The van der Waals surface area contributed by atoms with Crippen LogP contribution >= 0.6 is 54.0 Å². The van der Waals surface area contributed by atoms with Crippen LogP contribution in [0.15, 0.2) is 96.3 Å². The highest BCUT2D eigenvalue weighted by Gasteiger charge is 2.46. The fourth-order valence-electron chi connectivity index (χ4n) is 4.72. The van der Waals surface area contributed by atoms with Crippen molar-refractivity contribution in [3.8, 4) is 0 Å². The number of hydrogen-bond donors (Lipinski definition) is 0. The Morgan fingerprint density at radius 1 is 0.848 bits per heavy atom. The third kappa shape index (κ3) is 3.71. The van der Waals surface area contributed by atoms with Crippen LogP contribution in [0.4, 0.5) is 11.4 Å². The van der Waals surface area contributed by atoms with Crippen molar-refractivity contribution < 1.29 is 0 Å². The number of hydrogen-bond acceptors (Lipinski definition) is 3. The first kappa shape index (κ1) is 23.5. The van der Waals surface area contributed by atoms with E-state index in [1.807, 2.05) is 18.3 Å². The molecule has 0 saturated carbocycles. The zero-order chi connectivity index (χ0) is 23.5. The van der Waals surface area contributed by atoms with E-state index in [1.54, 1.807) is 0 Å². The van der Waals surface area contributed by atoms with Crippen LogP contribution in [0, 0.1) is 0 Å². The maximum Gasteiger partial charge on any atom is 0.118 e. The third-order valence-corrected chi connectivity index (χ3v) is 12.4. The molecule has 8 heteroatoms. The average molecular weight is 666 g/mol. The number of anilines is 2. The SMILES string of the molecule is CN1/C(=C2/C=NN(c3ccc(Br)cc3)P2(=S)c2ccc(Br)cc2)C(C)(C)c2cc(Br)ccc21. The van der Waals surface area contributed by atoms with Gasteiger partial charge in [-0.05, 0) is 60.2 Å². The molecule has 3 nitrogen and oxygen atoms in total. The Hall–Kier alpha value is -1.24. The second kappa shape index (κ2) is 8.46. The Labute approximate surface area is 225 Å². The van der Waals surface area contributed by atoms with Gasteiger partial charge in [0, 0.05) is 42.6 Å². The molecule has 3 aromatic rings. The lowest BCUT2D eigenvalue weighted by molar-refractivity contribution is 0.639. The van der Waals surface area contributed by atoms with Crippen molar-refractivity contribution in [3.63, 3.8) is 0 Å². The maximum absolute atomic E-state index is 6.65. The quantitative estimate of drug-likeness (QED) is 0.258. The molecule has 0 amide bonds. The van der Waals surface area contributed by atoms with Crippen LogP contribution in [0.2, 0.25) is 0 Å². The van der Waals surface area contributed by atoms with E-state index in [0.717, 1.165) is 29.7 Å². The minimum absolute atomic E-state index is 0.218. The molecular formula is C25H21Br3N3PS. The maximum atomic E-state index is 6.65. The Kier molecular flexibility index (Phi) is 6.02. The molecule has 1 unspecified atom stereocenters. The Morgan fingerprint density at radius 3 is 2.06 bits per heavy atom. The summed E-state index contributed by atoms with van der Waals surface area (Å²) in [5, 5.41) is 7.17. The Balaban J connectivity index is 1.77. The Bertz CT molecular complexity index is 1360. The molecule has 2 aliphatic rings.